The van der Waals surface area contributed by atoms with Gasteiger partial charge in [0.05, 0.1) is 23.3 Å². The predicted molar refractivity (Wildman–Crippen MR) is 116 cm³/mol. The van der Waals surface area contributed by atoms with E-state index in [2.05, 4.69) is 15.6 Å². The van der Waals surface area contributed by atoms with Gasteiger partial charge in [-0.25, -0.2) is 4.98 Å². The van der Waals surface area contributed by atoms with Crippen molar-refractivity contribution in [3.63, 3.8) is 0 Å². The second kappa shape index (κ2) is 8.20. The van der Waals surface area contributed by atoms with Crippen LogP contribution in [0.3, 0.4) is 0 Å². The minimum Gasteiger partial charge on any atom is -0.378 e. The van der Waals surface area contributed by atoms with Gasteiger partial charge >= 0.3 is 6.18 Å². The van der Waals surface area contributed by atoms with Gasteiger partial charge in [0, 0.05) is 23.1 Å². The quantitative estimate of drug-likeness (QED) is 0.609. The summed E-state index contributed by atoms with van der Waals surface area (Å²) >= 11 is 0. The Bertz CT molecular complexity index is 1110. The number of carbonyl (C=O) groups excluding carboxylic acids is 2. The molecule has 4 aliphatic carbocycles. The molecule has 4 fully saturated rings. The van der Waals surface area contributed by atoms with Crippen molar-refractivity contribution < 1.29 is 32.2 Å². The van der Waals surface area contributed by atoms with Gasteiger partial charge in [0.25, 0.3) is 5.91 Å². The van der Waals surface area contributed by atoms with E-state index in [4.69, 9.17) is 9.47 Å². The number of fused-ring (bicyclic) bond motifs is 1. The average Bonchev–Trinajstić information content (AvgIpc) is 2.71. The van der Waals surface area contributed by atoms with Gasteiger partial charge in [-0.2, -0.15) is 13.2 Å². The van der Waals surface area contributed by atoms with Crippen LogP contribution in [-0.4, -0.2) is 53.3 Å². The molecule has 0 radical (unpaired) electrons. The van der Waals surface area contributed by atoms with Crippen LogP contribution in [-0.2, 0) is 20.4 Å². The van der Waals surface area contributed by atoms with E-state index in [-0.39, 0.29) is 47.4 Å². The number of alkyl halides is 3. The average molecular weight is 477 g/mol. The van der Waals surface area contributed by atoms with Crippen LogP contribution in [0.25, 0.3) is 10.9 Å². The largest absolute Gasteiger partial charge is 0.416 e. The summed E-state index contributed by atoms with van der Waals surface area (Å²) in [6, 6.07) is 6.13. The molecular formula is C24H26F3N3O4. The van der Waals surface area contributed by atoms with Crippen LogP contribution in [0.4, 0.5) is 13.2 Å². The number of ether oxygens (including phenoxy) is 2. The van der Waals surface area contributed by atoms with Crippen LogP contribution < -0.4 is 10.6 Å². The molecule has 1 aromatic carbocycles. The smallest absolute Gasteiger partial charge is 0.378 e. The van der Waals surface area contributed by atoms with Crippen molar-refractivity contribution in [1.82, 2.24) is 15.6 Å². The van der Waals surface area contributed by atoms with E-state index >= 15 is 0 Å². The summed E-state index contributed by atoms with van der Waals surface area (Å²) in [4.78, 5) is 29.2. The topological polar surface area (TPSA) is 89.5 Å². The maximum Gasteiger partial charge on any atom is 0.416 e. The molecule has 4 aliphatic rings. The molecule has 0 atom stereocenters. The van der Waals surface area contributed by atoms with Gasteiger partial charge in [0.2, 0.25) is 5.91 Å². The second-order valence-corrected chi connectivity index (χ2v) is 9.68. The lowest BCUT2D eigenvalue weighted by Crippen LogP contribution is -2.84. The maximum absolute atomic E-state index is 12.9. The molecule has 6 rings (SSSR count). The van der Waals surface area contributed by atoms with Crippen molar-refractivity contribution >= 4 is 22.7 Å². The minimum atomic E-state index is -4.43. The third-order valence-electron chi connectivity index (χ3n) is 6.97. The van der Waals surface area contributed by atoms with Gasteiger partial charge < -0.3 is 20.1 Å². The molecule has 0 aliphatic heterocycles. The molecule has 1 aromatic heterocycles. The lowest BCUT2D eigenvalue weighted by atomic mass is 9.44. The van der Waals surface area contributed by atoms with Crippen molar-refractivity contribution in [2.75, 3.05) is 13.2 Å². The van der Waals surface area contributed by atoms with E-state index in [0.717, 1.165) is 25.0 Å². The summed E-state index contributed by atoms with van der Waals surface area (Å²) in [5, 5.41) is 6.32. The van der Waals surface area contributed by atoms with Crippen LogP contribution in [0.15, 0.2) is 30.3 Å². The number of rotatable bonds is 8. The van der Waals surface area contributed by atoms with E-state index < -0.39 is 11.7 Å². The number of carbonyl (C=O) groups is 2. The Hall–Kier alpha value is -2.72. The number of hydrogen-bond acceptors (Lipinski definition) is 5. The first-order valence-electron chi connectivity index (χ1n) is 11.4. The molecule has 34 heavy (non-hydrogen) atoms. The Balaban J connectivity index is 1.09. The van der Waals surface area contributed by atoms with E-state index in [1.165, 1.54) is 18.2 Å². The van der Waals surface area contributed by atoms with Crippen molar-refractivity contribution in [3.05, 3.63) is 41.6 Å². The van der Waals surface area contributed by atoms with E-state index in [1.807, 2.05) is 6.92 Å². The minimum absolute atomic E-state index is 0.0156. The van der Waals surface area contributed by atoms with Gasteiger partial charge in [-0.15, -0.1) is 0 Å². The van der Waals surface area contributed by atoms with Crippen molar-refractivity contribution in [2.24, 2.45) is 0 Å². The Morgan fingerprint density at radius 1 is 1.03 bits per heavy atom. The summed E-state index contributed by atoms with van der Waals surface area (Å²) in [5.41, 5.74) is -0.962. The number of hydrogen-bond donors (Lipinski definition) is 2. The molecule has 2 aromatic rings. The Morgan fingerprint density at radius 3 is 2.38 bits per heavy atom. The van der Waals surface area contributed by atoms with Gasteiger partial charge in [-0.05, 0) is 63.3 Å². The molecule has 182 valence electrons. The zero-order valence-electron chi connectivity index (χ0n) is 18.7. The Labute approximate surface area is 194 Å². The number of amides is 2. The third-order valence-corrected chi connectivity index (χ3v) is 6.97. The lowest BCUT2D eigenvalue weighted by Gasteiger charge is -2.70. The van der Waals surface area contributed by atoms with E-state index in [1.54, 1.807) is 0 Å². The Kier molecular flexibility index (Phi) is 5.55. The van der Waals surface area contributed by atoms with Crippen LogP contribution in [0.5, 0.6) is 0 Å². The lowest BCUT2D eigenvalue weighted by molar-refractivity contribution is -0.151. The van der Waals surface area contributed by atoms with Gasteiger partial charge in [0.15, 0.2) is 0 Å². The predicted octanol–water partition coefficient (Wildman–Crippen LogP) is 3.36. The SMILES string of the molecule is CCOC1CC(OCC(=O)NC23CC(NC(=O)c4ccc5cc(C(F)(F)F)ccc5n4)(C2)C3)C1. The number of aromatic nitrogens is 1. The molecule has 0 unspecified atom stereocenters. The highest BCUT2D eigenvalue weighted by molar-refractivity contribution is 5.96. The fraction of sp³-hybridized carbons (Fsp3) is 0.542. The maximum atomic E-state index is 12.9. The number of nitrogens with one attached hydrogen (secondary N) is 2. The number of nitrogens with zero attached hydrogens (tertiary/aromatic N) is 1. The first-order chi connectivity index (χ1) is 16.1. The zero-order valence-corrected chi connectivity index (χ0v) is 18.7. The molecule has 0 spiro atoms. The van der Waals surface area contributed by atoms with Crippen LogP contribution in [0.2, 0.25) is 0 Å². The van der Waals surface area contributed by atoms with Gasteiger partial charge in [-0.3, -0.25) is 9.59 Å². The van der Waals surface area contributed by atoms with Crippen LogP contribution in [0, 0.1) is 0 Å². The molecule has 2 amide bonds. The molecule has 10 heteroatoms. The fourth-order valence-corrected chi connectivity index (χ4v) is 5.34. The third kappa shape index (κ3) is 4.36. The van der Waals surface area contributed by atoms with Gasteiger partial charge in [0.1, 0.15) is 12.3 Å². The molecule has 2 N–H and O–H groups in total. The van der Waals surface area contributed by atoms with Crippen LogP contribution >= 0.6 is 0 Å². The number of pyridine rings is 1. The van der Waals surface area contributed by atoms with Crippen molar-refractivity contribution in [3.8, 4) is 0 Å². The molecule has 7 nitrogen and oxygen atoms in total. The zero-order chi connectivity index (χ0) is 24.1. The second-order valence-electron chi connectivity index (χ2n) is 9.68. The first kappa shape index (κ1) is 23.0. The Morgan fingerprint density at radius 2 is 1.71 bits per heavy atom. The molecule has 1 heterocycles. The van der Waals surface area contributed by atoms with Crippen molar-refractivity contribution in [1.29, 1.82) is 0 Å². The van der Waals surface area contributed by atoms with Crippen LogP contribution in [0.1, 0.15) is 55.1 Å². The van der Waals surface area contributed by atoms with E-state index in [0.29, 0.717) is 36.8 Å². The van der Waals surface area contributed by atoms with E-state index in [9.17, 15) is 22.8 Å². The van der Waals surface area contributed by atoms with Gasteiger partial charge in [-0.1, -0.05) is 6.07 Å². The standard InChI is InChI=1S/C24H26F3N3O4/c1-2-33-16-8-17(9-16)34-10-20(31)29-22-11-23(12-22,13-22)30-21(32)19-5-3-14-7-15(24(25,26)27)4-6-18(14)28-19/h3-7,16-17H,2,8-13H2,1H3,(H,29,31)(H,30,32). The molecular weight excluding hydrogens is 451 g/mol. The number of benzene rings is 1. The molecule has 4 saturated carbocycles. The highest BCUT2D eigenvalue weighted by Gasteiger charge is 2.69. The monoisotopic (exact) mass is 477 g/mol. The summed E-state index contributed by atoms with van der Waals surface area (Å²) in [6.45, 7) is 2.65. The summed E-state index contributed by atoms with van der Waals surface area (Å²) in [6.07, 6.45) is -0.609. The highest BCUT2D eigenvalue weighted by atomic mass is 19.4. The molecule has 0 saturated heterocycles. The number of halogens is 3. The fourth-order valence-electron chi connectivity index (χ4n) is 5.34. The highest BCUT2D eigenvalue weighted by Crippen LogP contribution is 2.60. The van der Waals surface area contributed by atoms with Crippen molar-refractivity contribution in [2.45, 2.75) is 68.5 Å². The summed E-state index contributed by atoms with van der Waals surface area (Å²) in [7, 11) is 0. The first-order valence-corrected chi connectivity index (χ1v) is 11.4. The summed E-state index contributed by atoms with van der Waals surface area (Å²) < 4.78 is 49.8. The molecule has 2 bridgehead atoms. The normalized spacial score (nSPS) is 29.5. The summed E-state index contributed by atoms with van der Waals surface area (Å²) in [5.74, 6) is -0.535.